The first-order chi connectivity index (χ1) is 7.09. The van der Waals surface area contributed by atoms with Crippen molar-refractivity contribution >= 4 is 11.9 Å². The third-order valence-electron chi connectivity index (χ3n) is 2.40. The fraction of sp³-hybridized carbons (Fsp3) is 0.444. The summed E-state index contributed by atoms with van der Waals surface area (Å²) in [5.41, 5.74) is 1.71. The molecule has 15 heavy (non-hydrogen) atoms. The highest BCUT2D eigenvalue weighted by Gasteiger charge is 2.27. The monoisotopic (exact) mass is 208 g/mol. The molecular weight excluding hydrogens is 196 g/mol. The van der Waals surface area contributed by atoms with Gasteiger partial charge in [-0.1, -0.05) is 0 Å². The third-order valence-corrected chi connectivity index (χ3v) is 2.40. The highest BCUT2D eigenvalue weighted by Crippen LogP contribution is 2.26. The van der Waals surface area contributed by atoms with Crippen LogP contribution in [-0.4, -0.2) is 40.2 Å². The summed E-state index contributed by atoms with van der Waals surface area (Å²) in [4.78, 5) is 22.2. The van der Waals surface area contributed by atoms with E-state index < -0.39 is 6.09 Å². The highest BCUT2D eigenvalue weighted by atomic mass is 16.4. The molecule has 0 fully saturated rings. The van der Waals surface area contributed by atoms with Crippen LogP contribution in [0.3, 0.4) is 0 Å². The molecule has 0 aromatic carbocycles. The Balaban J connectivity index is 2.37. The van der Waals surface area contributed by atoms with E-state index in [0.717, 1.165) is 17.1 Å². The van der Waals surface area contributed by atoms with E-state index in [4.69, 9.17) is 5.11 Å². The molecule has 1 aromatic heterocycles. The Morgan fingerprint density at radius 2 is 2.20 bits per heavy atom. The van der Waals surface area contributed by atoms with Crippen LogP contribution in [0, 0.1) is 0 Å². The zero-order valence-corrected chi connectivity index (χ0v) is 8.64. The van der Waals surface area contributed by atoms with Crippen molar-refractivity contribution in [3.8, 4) is 0 Å². The Morgan fingerprint density at radius 1 is 1.47 bits per heavy atom. The minimum Gasteiger partial charge on any atom is -0.465 e. The van der Waals surface area contributed by atoms with Crippen LogP contribution < -0.4 is 4.90 Å². The zero-order chi connectivity index (χ0) is 11.0. The maximum atomic E-state index is 10.8. The number of fused-ring (bicyclic) bond motifs is 1. The van der Waals surface area contributed by atoms with Gasteiger partial charge < -0.3 is 10.0 Å². The smallest absolute Gasteiger partial charge is 0.407 e. The lowest BCUT2D eigenvalue weighted by Crippen LogP contribution is -2.23. The van der Waals surface area contributed by atoms with Crippen LogP contribution in [0.15, 0.2) is 6.33 Å². The molecule has 80 valence electrons. The number of carbonyl (C=O) groups is 1. The fourth-order valence-corrected chi connectivity index (χ4v) is 1.68. The first kappa shape index (κ1) is 9.70. The van der Waals surface area contributed by atoms with Crippen molar-refractivity contribution < 1.29 is 9.90 Å². The number of aromatic nitrogens is 2. The maximum absolute atomic E-state index is 10.8. The largest absolute Gasteiger partial charge is 0.465 e. The minimum absolute atomic E-state index is 0.355. The number of hydrogen-bond acceptors (Lipinski definition) is 4. The number of carboxylic acid groups (broad SMARTS) is 1. The van der Waals surface area contributed by atoms with Crippen molar-refractivity contribution in [3.05, 3.63) is 17.6 Å². The van der Waals surface area contributed by atoms with Gasteiger partial charge in [-0.25, -0.2) is 14.8 Å². The van der Waals surface area contributed by atoms with E-state index in [1.165, 1.54) is 11.2 Å². The predicted molar refractivity (Wildman–Crippen MR) is 53.6 cm³/mol. The average molecular weight is 208 g/mol. The summed E-state index contributed by atoms with van der Waals surface area (Å²) in [6, 6.07) is 0. The van der Waals surface area contributed by atoms with Gasteiger partial charge in [-0.15, -0.1) is 0 Å². The van der Waals surface area contributed by atoms with Crippen molar-refractivity contribution in [2.75, 3.05) is 19.0 Å². The summed E-state index contributed by atoms with van der Waals surface area (Å²) in [5.74, 6) is 0.795. The van der Waals surface area contributed by atoms with Crippen molar-refractivity contribution in [2.45, 2.75) is 13.1 Å². The van der Waals surface area contributed by atoms with E-state index >= 15 is 0 Å². The molecule has 0 saturated heterocycles. The maximum Gasteiger partial charge on any atom is 0.407 e. The number of anilines is 1. The topological polar surface area (TPSA) is 69.6 Å². The van der Waals surface area contributed by atoms with E-state index in [1.807, 2.05) is 19.0 Å². The second kappa shape index (κ2) is 3.38. The molecule has 0 saturated carbocycles. The van der Waals surface area contributed by atoms with Gasteiger partial charge in [0.1, 0.15) is 12.1 Å². The summed E-state index contributed by atoms with van der Waals surface area (Å²) >= 11 is 0. The average Bonchev–Trinajstić information content (AvgIpc) is 2.60. The van der Waals surface area contributed by atoms with Crippen LogP contribution in [0.25, 0.3) is 0 Å². The summed E-state index contributed by atoms with van der Waals surface area (Å²) in [5, 5.41) is 8.88. The van der Waals surface area contributed by atoms with E-state index in [0.29, 0.717) is 13.1 Å². The molecule has 0 spiro atoms. The lowest BCUT2D eigenvalue weighted by Gasteiger charge is -2.14. The Labute approximate surface area is 87.2 Å². The molecule has 0 radical (unpaired) electrons. The molecular formula is C9H12N4O2. The first-order valence-electron chi connectivity index (χ1n) is 4.57. The van der Waals surface area contributed by atoms with Gasteiger partial charge in [-0.05, 0) is 0 Å². The molecule has 1 amide bonds. The van der Waals surface area contributed by atoms with Gasteiger partial charge in [-0.3, -0.25) is 4.90 Å². The molecule has 1 N–H and O–H groups in total. The number of rotatable bonds is 1. The van der Waals surface area contributed by atoms with E-state index in [1.54, 1.807) is 0 Å². The van der Waals surface area contributed by atoms with Gasteiger partial charge in [-0.2, -0.15) is 0 Å². The highest BCUT2D eigenvalue weighted by molar-refractivity contribution is 5.67. The molecule has 1 aliphatic rings. The lowest BCUT2D eigenvalue weighted by atomic mass is 10.2. The molecule has 0 atom stereocenters. The molecule has 1 aliphatic heterocycles. The van der Waals surface area contributed by atoms with Gasteiger partial charge >= 0.3 is 6.09 Å². The number of amides is 1. The van der Waals surface area contributed by atoms with Crippen LogP contribution in [0.1, 0.15) is 11.3 Å². The SMILES string of the molecule is CN(C)c1ncnc2c1CN(C(=O)O)C2. The Morgan fingerprint density at radius 3 is 2.80 bits per heavy atom. The van der Waals surface area contributed by atoms with Gasteiger partial charge in [0.2, 0.25) is 0 Å². The minimum atomic E-state index is -0.919. The molecule has 2 rings (SSSR count). The second-order valence-electron chi connectivity index (χ2n) is 3.66. The quantitative estimate of drug-likeness (QED) is 0.729. The summed E-state index contributed by atoms with van der Waals surface area (Å²) in [6.07, 6.45) is 0.553. The summed E-state index contributed by atoms with van der Waals surface area (Å²) in [7, 11) is 3.76. The van der Waals surface area contributed by atoms with Crippen molar-refractivity contribution in [3.63, 3.8) is 0 Å². The van der Waals surface area contributed by atoms with Crippen molar-refractivity contribution in [1.82, 2.24) is 14.9 Å². The van der Waals surface area contributed by atoms with E-state index in [-0.39, 0.29) is 0 Å². The van der Waals surface area contributed by atoms with Gasteiger partial charge in [0.05, 0.1) is 18.8 Å². The molecule has 1 aromatic rings. The second-order valence-corrected chi connectivity index (χ2v) is 3.66. The van der Waals surface area contributed by atoms with Gasteiger partial charge in [0.15, 0.2) is 0 Å². The lowest BCUT2D eigenvalue weighted by molar-refractivity contribution is 0.145. The molecule has 0 aliphatic carbocycles. The van der Waals surface area contributed by atoms with Gasteiger partial charge in [0.25, 0.3) is 0 Å². The normalized spacial score (nSPS) is 13.9. The van der Waals surface area contributed by atoms with E-state index in [2.05, 4.69) is 9.97 Å². The Kier molecular flexibility index (Phi) is 2.18. The van der Waals surface area contributed by atoms with Gasteiger partial charge in [0, 0.05) is 19.7 Å². The summed E-state index contributed by atoms with van der Waals surface area (Å²) < 4.78 is 0. The Bertz CT molecular complexity index is 405. The summed E-state index contributed by atoms with van der Waals surface area (Å²) in [6.45, 7) is 0.729. The van der Waals surface area contributed by atoms with Crippen molar-refractivity contribution in [1.29, 1.82) is 0 Å². The number of nitrogens with zero attached hydrogens (tertiary/aromatic N) is 4. The third kappa shape index (κ3) is 1.58. The van der Waals surface area contributed by atoms with Crippen LogP contribution in [-0.2, 0) is 13.1 Å². The van der Waals surface area contributed by atoms with Crippen LogP contribution in [0.4, 0.5) is 10.6 Å². The molecule has 0 unspecified atom stereocenters. The van der Waals surface area contributed by atoms with Crippen LogP contribution in [0.5, 0.6) is 0 Å². The van der Waals surface area contributed by atoms with Crippen LogP contribution in [0.2, 0.25) is 0 Å². The standard InChI is InChI=1S/C9H12N4O2/c1-12(2)8-6-3-13(9(14)15)4-7(6)10-5-11-8/h5H,3-4H2,1-2H3,(H,14,15). The Hall–Kier alpha value is -1.85. The fourth-order valence-electron chi connectivity index (χ4n) is 1.68. The van der Waals surface area contributed by atoms with Crippen molar-refractivity contribution in [2.24, 2.45) is 0 Å². The zero-order valence-electron chi connectivity index (χ0n) is 8.64. The van der Waals surface area contributed by atoms with Crippen LogP contribution >= 0.6 is 0 Å². The van der Waals surface area contributed by atoms with E-state index in [9.17, 15) is 4.79 Å². The predicted octanol–water partition coefficient (Wildman–Crippen LogP) is 0.536. The first-order valence-corrected chi connectivity index (χ1v) is 4.57. The molecule has 6 nitrogen and oxygen atoms in total. The molecule has 6 heteroatoms. The number of hydrogen-bond donors (Lipinski definition) is 1. The molecule has 2 heterocycles. The molecule has 0 bridgehead atoms.